The van der Waals surface area contributed by atoms with E-state index in [4.69, 9.17) is 5.73 Å². The third-order valence-corrected chi connectivity index (χ3v) is 3.03. The SMILES string of the molecule is CN(C)c1c[c]ccc1Cc1cccc(CN)c1. The Morgan fingerprint density at radius 1 is 1.17 bits per heavy atom. The lowest BCUT2D eigenvalue weighted by Crippen LogP contribution is -2.11. The minimum absolute atomic E-state index is 0.594. The zero-order valence-electron chi connectivity index (χ0n) is 11.0. The van der Waals surface area contributed by atoms with Gasteiger partial charge in [-0.25, -0.2) is 0 Å². The highest BCUT2D eigenvalue weighted by molar-refractivity contribution is 5.53. The Balaban J connectivity index is 2.28. The number of hydrogen-bond donors (Lipinski definition) is 1. The van der Waals surface area contributed by atoms with Crippen LogP contribution in [0.1, 0.15) is 16.7 Å². The standard InChI is InChI=1S/C16H19N2/c1-18(2)16-9-4-3-8-15(16)11-13-6-5-7-14(10-13)12-17/h3,5-10H,11-12,17H2,1-2H3. The van der Waals surface area contributed by atoms with E-state index in [9.17, 15) is 0 Å². The molecule has 93 valence electrons. The van der Waals surface area contributed by atoms with Crippen molar-refractivity contribution in [3.63, 3.8) is 0 Å². The van der Waals surface area contributed by atoms with Gasteiger partial charge in [-0.05, 0) is 35.2 Å². The molecule has 2 aromatic rings. The van der Waals surface area contributed by atoms with Crippen LogP contribution in [0.4, 0.5) is 5.69 Å². The molecule has 2 rings (SSSR count). The van der Waals surface area contributed by atoms with E-state index in [1.54, 1.807) is 0 Å². The number of anilines is 1. The van der Waals surface area contributed by atoms with Crippen LogP contribution in [0, 0.1) is 6.07 Å². The first-order valence-electron chi connectivity index (χ1n) is 6.15. The summed E-state index contributed by atoms with van der Waals surface area (Å²) in [4.78, 5) is 2.12. The molecule has 2 heteroatoms. The molecule has 2 N–H and O–H groups in total. The summed E-state index contributed by atoms with van der Waals surface area (Å²) in [6.07, 6.45) is 0.927. The van der Waals surface area contributed by atoms with Crippen LogP contribution in [0.15, 0.2) is 42.5 Å². The fraction of sp³-hybridized carbons (Fsp3) is 0.250. The molecule has 1 radical (unpaired) electrons. The van der Waals surface area contributed by atoms with Gasteiger partial charge in [-0.1, -0.05) is 36.4 Å². The van der Waals surface area contributed by atoms with Crippen molar-refractivity contribution < 1.29 is 0 Å². The number of hydrogen-bond acceptors (Lipinski definition) is 2. The Hall–Kier alpha value is -1.80. The Morgan fingerprint density at radius 3 is 2.67 bits per heavy atom. The summed E-state index contributed by atoms with van der Waals surface area (Å²) < 4.78 is 0. The van der Waals surface area contributed by atoms with E-state index >= 15 is 0 Å². The van der Waals surface area contributed by atoms with Gasteiger partial charge in [0.15, 0.2) is 0 Å². The highest BCUT2D eigenvalue weighted by atomic mass is 15.1. The van der Waals surface area contributed by atoms with Gasteiger partial charge >= 0.3 is 0 Å². The molecule has 0 atom stereocenters. The van der Waals surface area contributed by atoms with Crippen molar-refractivity contribution in [1.29, 1.82) is 0 Å². The van der Waals surface area contributed by atoms with Gasteiger partial charge in [0.05, 0.1) is 0 Å². The Bertz CT molecular complexity index is 518. The topological polar surface area (TPSA) is 29.3 Å². The second kappa shape index (κ2) is 5.69. The van der Waals surface area contributed by atoms with Crippen molar-refractivity contribution >= 4 is 5.69 Å². The molecule has 0 unspecified atom stereocenters. The number of benzene rings is 2. The van der Waals surface area contributed by atoms with E-state index in [0.29, 0.717) is 6.54 Å². The average molecular weight is 239 g/mol. The maximum atomic E-state index is 5.68. The summed E-state index contributed by atoms with van der Waals surface area (Å²) in [7, 11) is 4.12. The van der Waals surface area contributed by atoms with Crippen molar-refractivity contribution in [1.82, 2.24) is 0 Å². The van der Waals surface area contributed by atoms with Crippen LogP contribution in [0.25, 0.3) is 0 Å². The predicted octanol–water partition coefficient (Wildman–Crippen LogP) is 2.60. The quantitative estimate of drug-likeness (QED) is 0.888. The molecule has 0 aliphatic carbocycles. The largest absolute Gasteiger partial charge is 0.377 e. The zero-order chi connectivity index (χ0) is 13.0. The summed E-state index contributed by atoms with van der Waals surface area (Å²) in [5.41, 5.74) is 10.7. The molecule has 0 aromatic heterocycles. The second-order valence-electron chi connectivity index (χ2n) is 4.65. The molecule has 0 heterocycles. The normalized spacial score (nSPS) is 10.4. The van der Waals surface area contributed by atoms with Gasteiger partial charge in [-0.15, -0.1) is 0 Å². The zero-order valence-corrected chi connectivity index (χ0v) is 11.0. The lowest BCUT2D eigenvalue weighted by atomic mass is 10.0. The fourth-order valence-corrected chi connectivity index (χ4v) is 2.11. The van der Waals surface area contributed by atoms with E-state index in [2.05, 4.69) is 55.4 Å². The second-order valence-corrected chi connectivity index (χ2v) is 4.65. The third-order valence-electron chi connectivity index (χ3n) is 3.03. The molecule has 0 fully saturated rings. The highest BCUT2D eigenvalue weighted by Crippen LogP contribution is 2.21. The Morgan fingerprint density at radius 2 is 1.94 bits per heavy atom. The minimum Gasteiger partial charge on any atom is -0.377 e. The van der Waals surface area contributed by atoms with Crippen LogP contribution < -0.4 is 10.6 Å². The van der Waals surface area contributed by atoms with E-state index in [0.717, 1.165) is 6.42 Å². The number of nitrogens with zero attached hydrogens (tertiary/aromatic N) is 1. The van der Waals surface area contributed by atoms with Gasteiger partial charge in [-0.2, -0.15) is 0 Å². The maximum Gasteiger partial charge on any atom is 0.0403 e. The molecule has 0 saturated heterocycles. The van der Waals surface area contributed by atoms with Gasteiger partial charge in [0.1, 0.15) is 0 Å². The molecule has 0 amide bonds. The first-order valence-corrected chi connectivity index (χ1v) is 6.15. The van der Waals surface area contributed by atoms with Crippen molar-refractivity contribution in [2.24, 2.45) is 5.73 Å². The molecule has 0 bridgehead atoms. The van der Waals surface area contributed by atoms with Crippen molar-refractivity contribution in [2.75, 3.05) is 19.0 Å². The van der Waals surface area contributed by atoms with Crippen molar-refractivity contribution in [3.05, 3.63) is 65.2 Å². The monoisotopic (exact) mass is 239 g/mol. The molecule has 2 nitrogen and oxygen atoms in total. The average Bonchev–Trinajstić information content (AvgIpc) is 2.39. The lowest BCUT2D eigenvalue weighted by Gasteiger charge is -2.17. The van der Waals surface area contributed by atoms with Gasteiger partial charge < -0.3 is 10.6 Å². The third kappa shape index (κ3) is 2.90. The molecule has 0 aliphatic rings. The van der Waals surface area contributed by atoms with E-state index < -0.39 is 0 Å². The smallest absolute Gasteiger partial charge is 0.0403 e. The first-order chi connectivity index (χ1) is 8.70. The van der Waals surface area contributed by atoms with Gasteiger partial charge in [0.25, 0.3) is 0 Å². The Kier molecular flexibility index (Phi) is 4.00. The molecule has 2 aromatic carbocycles. The van der Waals surface area contributed by atoms with Crippen LogP contribution in [-0.2, 0) is 13.0 Å². The fourth-order valence-electron chi connectivity index (χ4n) is 2.11. The lowest BCUT2D eigenvalue weighted by molar-refractivity contribution is 1.05. The van der Waals surface area contributed by atoms with Crippen LogP contribution in [0.3, 0.4) is 0 Å². The molecular weight excluding hydrogens is 220 g/mol. The van der Waals surface area contributed by atoms with E-state index in [1.807, 2.05) is 12.1 Å². The van der Waals surface area contributed by atoms with Gasteiger partial charge in [0.2, 0.25) is 0 Å². The molecule has 0 aliphatic heterocycles. The van der Waals surface area contributed by atoms with Crippen LogP contribution >= 0.6 is 0 Å². The van der Waals surface area contributed by atoms with Crippen molar-refractivity contribution in [2.45, 2.75) is 13.0 Å². The van der Waals surface area contributed by atoms with Crippen LogP contribution in [-0.4, -0.2) is 14.1 Å². The molecule has 0 saturated carbocycles. The van der Waals surface area contributed by atoms with Gasteiger partial charge in [0, 0.05) is 26.3 Å². The van der Waals surface area contributed by atoms with E-state index in [-0.39, 0.29) is 0 Å². The number of rotatable bonds is 4. The molecular formula is C16H19N2. The first kappa shape index (κ1) is 12.7. The summed E-state index contributed by atoms with van der Waals surface area (Å²) in [5, 5.41) is 0. The summed E-state index contributed by atoms with van der Waals surface area (Å²) in [6, 6.07) is 17.7. The van der Waals surface area contributed by atoms with Crippen molar-refractivity contribution in [3.8, 4) is 0 Å². The predicted molar refractivity (Wildman–Crippen MR) is 76.7 cm³/mol. The van der Waals surface area contributed by atoms with E-state index in [1.165, 1.54) is 22.4 Å². The maximum absolute atomic E-state index is 5.68. The van der Waals surface area contributed by atoms with Crippen LogP contribution in [0.2, 0.25) is 0 Å². The summed E-state index contributed by atoms with van der Waals surface area (Å²) in [6.45, 7) is 0.594. The molecule has 18 heavy (non-hydrogen) atoms. The summed E-state index contributed by atoms with van der Waals surface area (Å²) >= 11 is 0. The molecule has 0 spiro atoms. The van der Waals surface area contributed by atoms with Gasteiger partial charge in [-0.3, -0.25) is 0 Å². The van der Waals surface area contributed by atoms with Crippen LogP contribution in [0.5, 0.6) is 0 Å². The highest BCUT2D eigenvalue weighted by Gasteiger charge is 2.05. The minimum atomic E-state index is 0.594. The summed E-state index contributed by atoms with van der Waals surface area (Å²) in [5.74, 6) is 0. The number of nitrogens with two attached hydrogens (primary N) is 1. The Labute approximate surface area is 109 Å².